The Bertz CT molecular complexity index is 967. The van der Waals surface area contributed by atoms with Crippen molar-refractivity contribution >= 4 is 56.0 Å². The van der Waals surface area contributed by atoms with E-state index in [2.05, 4.69) is 11.8 Å². The molecule has 0 radical (unpaired) electrons. The molecule has 1 aromatic heterocycles. The maximum absolute atomic E-state index is 13.0. The first-order valence-electron chi connectivity index (χ1n) is 8.98. The van der Waals surface area contributed by atoms with Crippen LogP contribution >= 0.6 is 34.7 Å². The smallest absolute Gasteiger partial charge is 0.255 e. The summed E-state index contributed by atoms with van der Waals surface area (Å²) >= 11 is 9.63. The highest BCUT2D eigenvalue weighted by Gasteiger charge is 2.25. The van der Waals surface area contributed by atoms with Crippen LogP contribution in [0.3, 0.4) is 0 Å². The maximum Gasteiger partial charge on any atom is 0.255 e. The summed E-state index contributed by atoms with van der Waals surface area (Å²) < 4.78 is 1.10. The summed E-state index contributed by atoms with van der Waals surface area (Å²) in [6.45, 7) is 5.08. The zero-order valence-corrected chi connectivity index (χ0v) is 17.4. The van der Waals surface area contributed by atoms with E-state index < -0.39 is 0 Å². The Balaban J connectivity index is 1.47. The molecule has 1 saturated heterocycles. The molecule has 27 heavy (non-hydrogen) atoms. The van der Waals surface area contributed by atoms with Crippen LogP contribution in [0, 0.1) is 0 Å². The summed E-state index contributed by atoms with van der Waals surface area (Å²) in [6.07, 6.45) is 0. The molecule has 3 aromatic rings. The second-order valence-corrected chi connectivity index (χ2v) is 9.01. The normalized spacial score (nSPS) is 14.7. The van der Waals surface area contributed by atoms with Gasteiger partial charge in [0.1, 0.15) is 5.52 Å². The molecular formula is C20H20ClN3OS2. The van der Waals surface area contributed by atoms with Gasteiger partial charge in [-0.2, -0.15) is 0 Å². The largest absolute Gasteiger partial charge is 0.345 e. The van der Waals surface area contributed by atoms with E-state index in [4.69, 9.17) is 16.6 Å². The van der Waals surface area contributed by atoms with E-state index in [0.29, 0.717) is 18.1 Å². The number of thioether (sulfide) groups is 1. The molecule has 1 amide bonds. The predicted molar refractivity (Wildman–Crippen MR) is 116 cm³/mol. The van der Waals surface area contributed by atoms with E-state index in [0.717, 1.165) is 44.6 Å². The predicted octanol–water partition coefficient (Wildman–Crippen LogP) is 5.02. The zero-order chi connectivity index (χ0) is 18.8. The summed E-state index contributed by atoms with van der Waals surface area (Å²) in [6, 6.07) is 13.8. The molecule has 0 aliphatic carbocycles. The topological polar surface area (TPSA) is 36.4 Å². The minimum atomic E-state index is 0.124. The lowest BCUT2D eigenvalue weighted by atomic mass is 10.2. The number of aromatic nitrogens is 1. The van der Waals surface area contributed by atoms with Crippen LogP contribution in [0.5, 0.6) is 0 Å². The number of thiazole rings is 1. The molecular weight excluding hydrogens is 398 g/mol. The molecule has 0 saturated carbocycles. The van der Waals surface area contributed by atoms with Gasteiger partial charge in [-0.25, -0.2) is 4.98 Å². The van der Waals surface area contributed by atoms with Gasteiger partial charge in [-0.3, -0.25) is 4.79 Å². The molecule has 140 valence electrons. The standard InChI is InChI=1S/C20H20ClN3OS2/c1-2-26-16-8-4-3-6-14(16)19(25)23-10-12-24(13-11-23)20-22-18-15(21)7-5-9-17(18)27-20/h3-9H,2,10-13H2,1H3. The minimum absolute atomic E-state index is 0.124. The highest BCUT2D eigenvalue weighted by Crippen LogP contribution is 2.33. The van der Waals surface area contributed by atoms with Crippen molar-refractivity contribution in [2.45, 2.75) is 11.8 Å². The molecule has 2 heterocycles. The Morgan fingerprint density at radius 2 is 1.93 bits per heavy atom. The van der Waals surface area contributed by atoms with Crippen LogP contribution in [0.2, 0.25) is 5.02 Å². The van der Waals surface area contributed by atoms with Crippen LogP contribution in [0.15, 0.2) is 47.4 Å². The molecule has 4 rings (SSSR count). The van der Waals surface area contributed by atoms with Gasteiger partial charge in [0.05, 0.1) is 15.3 Å². The van der Waals surface area contributed by atoms with E-state index in [-0.39, 0.29) is 5.91 Å². The third-order valence-electron chi connectivity index (χ3n) is 4.61. The lowest BCUT2D eigenvalue weighted by Crippen LogP contribution is -2.48. The Morgan fingerprint density at radius 1 is 1.15 bits per heavy atom. The highest BCUT2D eigenvalue weighted by atomic mass is 35.5. The molecule has 0 bridgehead atoms. The van der Waals surface area contributed by atoms with Crippen molar-refractivity contribution in [3.8, 4) is 0 Å². The summed E-state index contributed by atoms with van der Waals surface area (Å²) in [7, 11) is 0. The zero-order valence-electron chi connectivity index (χ0n) is 15.0. The quantitative estimate of drug-likeness (QED) is 0.558. The van der Waals surface area contributed by atoms with E-state index in [1.54, 1.807) is 23.1 Å². The fraction of sp³-hybridized carbons (Fsp3) is 0.300. The van der Waals surface area contributed by atoms with Crippen molar-refractivity contribution in [3.05, 3.63) is 53.1 Å². The average molecular weight is 418 g/mol. The number of carbonyl (C=O) groups excluding carboxylic acids is 1. The second kappa shape index (κ2) is 8.09. The average Bonchev–Trinajstić information content (AvgIpc) is 3.14. The number of anilines is 1. The van der Waals surface area contributed by atoms with Crippen LogP contribution in [0.4, 0.5) is 5.13 Å². The first-order chi connectivity index (χ1) is 13.2. The van der Waals surface area contributed by atoms with E-state index in [1.165, 1.54) is 0 Å². The highest BCUT2D eigenvalue weighted by molar-refractivity contribution is 7.99. The van der Waals surface area contributed by atoms with Gasteiger partial charge in [0, 0.05) is 31.1 Å². The molecule has 0 spiro atoms. The SMILES string of the molecule is CCSc1ccccc1C(=O)N1CCN(c2nc3c(Cl)cccc3s2)CC1. The van der Waals surface area contributed by atoms with Crippen LogP contribution in [0.25, 0.3) is 10.2 Å². The number of para-hydroxylation sites is 1. The Hall–Kier alpha value is -1.76. The van der Waals surface area contributed by atoms with Crippen LogP contribution in [-0.2, 0) is 0 Å². The Morgan fingerprint density at radius 3 is 2.67 bits per heavy atom. The Labute approximate surface area is 172 Å². The van der Waals surface area contributed by atoms with Crippen LogP contribution < -0.4 is 4.90 Å². The molecule has 1 fully saturated rings. The van der Waals surface area contributed by atoms with Gasteiger partial charge in [-0.1, -0.05) is 48.1 Å². The lowest BCUT2D eigenvalue weighted by Gasteiger charge is -2.34. The molecule has 1 aliphatic heterocycles. The van der Waals surface area contributed by atoms with Crippen LogP contribution in [-0.4, -0.2) is 47.7 Å². The van der Waals surface area contributed by atoms with E-state index in [1.807, 2.05) is 47.4 Å². The number of carbonyl (C=O) groups is 1. The number of fused-ring (bicyclic) bond motifs is 1. The fourth-order valence-electron chi connectivity index (χ4n) is 3.23. The van der Waals surface area contributed by atoms with Crippen LogP contribution in [0.1, 0.15) is 17.3 Å². The first-order valence-corrected chi connectivity index (χ1v) is 11.2. The van der Waals surface area contributed by atoms with Gasteiger partial charge < -0.3 is 9.80 Å². The van der Waals surface area contributed by atoms with Gasteiger partial charge in [0.25, 0.3) is 5.91 Å². The lowest BCUT2D eigenvalue weighted by molar-refractivity contribution is 0.0743. The summed E-state index contributed by atoms with van der Waals surface area (Å²) in [5.41, 5.74) is 1.67. The van der Waals surface area contributed by atoms with E-state index >= 15 is 0 Å². The maximum atomic E-state index is 13.0. The number of benzene rings is 2. The fourth-order valence-corrected chi connectivity index (χ4v) is 5.35. The van der Waals surface area contributed by atoms with Crippen molar-refractivity contribution in [1.29, 1.82) is 0 Å². The molecule has 0 atom stereocenters. The second-order valence-electron chi connectivity index (χ2n) is 6.29. The number of nitrogens with zero attached hydrogens (tertiary/aromatic N) is 3. The van der Waals surface area contributed by atoms with Gasteiger partial charge in [-0.15, -0.1) is 11.8 Å². The number of rotatable bonds is 4. The molecule has 2 aromatic carbocycles. The molecule has 0 unspecified atom stereocenters. The molecule has 1 aliphatic rings. The number of halogens is 1. The molecule has 4 nitrogen and oxygen atoms in total. The number of piperazine rings is 1. The van der Waals surface area contributed by atoms with Gasteiger partial charge in [0.15, 0.2) is 5.13 Å². The monoisotopic (exact) mass is 417 g/mol. The third-order valence-corrected chi connectivity index (χ3v) is 6.96. The van der Waals surface area contributed by atoms with Crippen molar-refractivity contribution in [3.63, 3.8) is 0 Å². The Kier molecular flexibility index (Phi) is 5.57. The van der Waals surface area contributed by atoms with Crippen molar-refractivity contribution < 1.29 is 4.79 Å². The summed E-state index contributed by atoms with van der Waals surface area (Å²) in [5.74, 6) is 1.08. The van der Waals surface area contributed by atoms with Gasteiger partial charge in [0.2, 0.25) is 0 Å². The number of hydrogen-bond acceptors (Lipinski definition) is 5. The van der Waals surface area contributed by atoms with Crippen molar-refractivity contribution in [1.82, 2.24) is 9.88 Å². The molecule has 0 N–H and O–H groups in total. The minimum Gasteiger partial charge on any atom is -0.345 e. The summed E-state index contributed by atoms with van der Waals surface area (Å²) in [5, 5.41) is 1.67. The first kappa shape index (κ1) is 18.6. The van der Waals surface area contributed by atoms with Crippen molar-refractivity contribution in [2.75, 3.05) is 36.8 Å². The third kappa shape index (κ3) is 3.79. The molecule has 7 heteroatoms. The summed E-state index contributed by atoms with van der Waals surface area (Å²) in [4.78, 5) is 23.0. The number of hydrogen-bond donors (Lipinski definition) is 0. The van der Waals surface area contributed by atoms with Gasteiger partial charge >= 0.3 is 0 Å². The van der Waals surface area contributed by atoms with E-state index in [9.17, 15) is 4.79 Å². The van der Waals surface area contributed by atoms with Crippen molar-refractivity contribution in [2.24, 2.45) is 0 Å². The van der Waals surface area contributed by atoms with Gasteiger partial charge in [-0.05, 0) is 30.0 Å². The number of amides is 1.